The van der Waals surface area contributed by atoms with Crippen LogP contribution in [0.4, 0.5) is 0 Å². The summed E-state index contributed by atoms with van der Waals surface area (Å²) >= 11 is 0. The van der Waals surface area contributed by atoms with Gasteiger partial charge in [0.15, 0.2) is 0 Å². The third-order valence-electron chi connectivity index (χ3n) is 6.45. The molecule has 3 aromatic rings. The van der Waals surface area contributed by atoms with E-state index in [1.807, 2.05) is 57.2 Å². The zero-order chi connectivity index (χ0) is 26.0. The predicted molar refractivity (Wildman–Crippen MR) is 137 cm³/mol. The lowest BCUT2D eigenvalue weighted by molar-refractivity contribution is -0.140. The van der Waals surface area contributed by atoms with Crippen LogP contribution in [0.2, 0.25) is 0 Å². The van der Waals surface area contributed by atoms with E-state index in [1.54, 1.807) is 38.6 Å². The summed E-state index contributed by atoms with van der Waals surface area (Å²) in [6.07, 6.45) is 1.61. The molecule has 0 saturated carbocycles. The number of Topliss-reactive ketones (excluding diaryl/α,β-unsaturated/α-hetero) is 1. The van der Waals surface area contributed by atoms with Gasteiger partial charge >= 0.3 is 0 Å². The average Bonchev–Trinajstić information content (AvgIpc) is 3.13. The van der Waals surface area contributed by atoms with Crippen molar-refractivity contribution in [1.29, 1.82) is 0 Å². The maximum atomic E-state index is 13.4. The molecule has 186 valence electrons. The van der Waals surface area contributed by atoms with Crippen molar-refractivity contribution in [2.45, 2.75) is 39.3 Å². The van der Waals surface area contributed by atoms with Gasteiger partial charge in [0.1, 0.15) is 23.3 Å². The van der Waals surface area contributed by atoms with Crippen LogP contribution in [-0.4, -0.2) is 40.9 Å². The number of rotatable bonds is 7. The normalized spacial score (nSPS) is 17.1. The molecule has 2 heterocycles. The van der Waals surface area contributed by atoms with E-state index in [9.17, 15) is 14.7 Å². The van der Waals surface area contributed by atoms with E-state index in [2.05, 4.69) is 4.98 Å². The van der Waals surface area contributed by atoms with Gasteiger partial charge in [-0.2, -0.15) is 0 Å². The summed E-state index contributed by atoms with van der Waals surface area (Å²) in [4.78, 5) is 32.6. The van der Waals surface area contributed by atoms with Crippen LogP contribution in [0.5, 0.6) is 11.5 Å². The number of ketones is 1. The highest BCUT2D eigenvalue weighted by atomic mass is 16.5. The van der Waals surface area contributed by atoms with E-state index < -0.39 is 17.7 Å². The van der Waals surface area contributed by atoms with Gasteiger partial charge in [-0.15, -0.1) is 0 Å². The van der Waals surface area contributed by atoms with E-state index in [0.29, 0.717) is 22.8 Å². The van der Waals surface area contributed by atoms with Crippen LogP contribution in [0.15, 0.2) is 66.4 Å². The number of aromatic nitrogens is 1. The molecule has 36 heavy (non-hydrogen) atoms. The molecular weight excluding hydrogens is 456 g/mol. The van der Waals surface area contributed by atoms with Crippen molar-refractivity contribution in [1.82, 2.24) is 9.88 Å². The molecular formula is C29H30N2O5. The molecule has 0 bridgehead atoms. The number of aryl methyl sites for hydroxylation is 1. The lowest BCUT2D eigenvalue weighted by Crippen LogP contribution is -2.29. The topological polar surface area (TPSA) is 89.0 Å². The zero-order valence-electron chi connectivity index (χ0n) is 21.1. The zero-order valence-corrected chi connectivity index (χ0v) is 21.1. The largest absolute Gasteiger partial charge is 0.507 e. The molecule has 2 aromatic carbocycles. The number of hydrogen-bond acceptors (Lipinski definition) is 6. The summed E-state index contributed by atoms with van der Waals surface area (Å²) in [6, 6.07) is 15.5. The van der Waals surface area contributed by atoms with E-state index in [1.165, 1.54) is 4.90 Å². The van der Waals surface area contributed by atoms with Crippen molar-refractivity contribution >= 4 is 17.4 Å². The molecule has 0 radical (unpaired) electrons. The van der Waals surface area contributed by atoms with Gasteiger partial charge in [-0.1, -0.05) is 32.0 Å². The second kappa shape index (κ2) is 10.2. The first kappa shape index (κ1) is 25.0. The van der Waals surface area contributed by atoms with Crippen molar-refractivity contribution in [3.8, 4) is 11.5 Å². The Morgan fingerprint density at radius 3 is 2.47 bits per heavy atom. The molecule has 0 spiro atoms. The minimum absolute atomic E-state index is 0.0181. The van der Waals surface area contributed by atoms with E-state index in [0.717, 1.165) is 16.7 Å². The number of aliphatic hydroxyl groups is 1. The molecule has 7 heteroatoms. The summed E-state index contributed by atoms with van der Waals surface area (Å²) in [5, 5.41) is 11.5. The standard InChI is InChI=1S/C29H30N2O5/c1-17(2)21-15-22(18(3)13-24(21)36-5)27(32)25-26(23-11-6-7-12-30-23)31(29(34)28(25)33)16-19-9-8-10-20(14-19)35-4/h6-15,17,26,32H,16H2,1-5H3/b27-25+. The third kappa shape index (κ3) is 4.56. The Morgan fingerprint density at radius 2 is 1.83 bits per heavy atom. The van der Waals surface area contributed by atoms with E-state index in [-0.39, 0.29) is 23.8 Å². The molecule has 1 atom stereocenters. The fourth-order valence-corrected chi connectivity index (χ4v) is 4.58. The number of likely N-dealkylation sites (tertiary alicyclic amines) is 1. The number of benzene rings is 2. The van der Waals surface area contributed by atoms with Gasteiger partial charge in [-0.25, -0.2) is 0 Å². The van der Waals surface area contributed by atoms with Crippen molar-refractivity contribution in [2.24, 2.45) is 0 Å². The Bertz CT molecular complexity index is 1330. The molecule has 4 rings (SSSR count). The number of methoxy groups -OCH3 is 2. The van der Waals surface area contributed by atoms with Crippen LogP contribution in [0.3, 0.4) is 0 Å². The highest BCUT2D eigenvalue weighted by Crippen LogP contribution is 2.41. The van der Waals surface area contributed by atoms with Crippen LogP contribution in [-0.2, 0) is 16.1 Å². The monoisotopic (exact) mass is 486 g/mol. The number of pyridine rings is 1. The summed E-state index contributed by atoms with van der Waals surface area (Å²) in [5.74, 6) is -0.182. The summed E-state index contributed by atoms with van der Waals surface area (Å²) in [5.41, 5.74) is 3.41. The van der Waals surface area contributed by atoms with Gasteiger partial charge in [0.25, 0.3) is 11.7 Å². The van der Waals surface area contributed by atoms with Crippen LogP contribution < -0.4 is 9.47 Å². The fourth-order valence-electron chi connectivity index (χ4n) is 4.58. The fraction of sp³-hybridized carbons (Fsp3) is 0.276. The molecule has 7 nitrogen and oxygen atoms in total. The summed E-state index contributed by atoms with van der Waals surface area (Å²) in [7, 11) is 3.17. The Labute approximate surface area is 211 Å². The highest BCUT2D eigenvalue weighted by molar-refractivity contribution is 6.46. The predicted octanol–water partition coefficient (Wildman–Crippen LogP) is 5.15. The summed E-state index contributed by atoms with van der Waals surface area (Å²) < 4.78 is 10.8. The summed E-state index contributed by atoms with van der Waals surface area (Å²) in [6.45, 7) is 6.04. The minimum Gasteiger partial charge on any atom is -0.507 e. The maximum absolute atomic E-state index is 13.4. The third-order valence-corrected chi connectivity index (χ3v) is 6.45. The molecule has 0 aliphatic carbocycles. The van der Waals surface area contributed by atoms with Gasteiger partial charge in [0, 0.05) is 18.3 Å². The van der Waals surface area contributed by atoms with Crippen LogP contribution in [0.1, 0.15) is 53.8 Å². The lowest BCUT2D eigenvalue weighted by atomic mass is 9.92. The van der Waals surface area contributed by atoms with Gasteiger partial charge in [0.05, 0.1) is 25.5 Å². The Morgan fingerprint density at radius 1 is 1.06 bits per heavy atom. The number of nitrogens with zero attached hydrogens (tertiary/aromatic N) is 2. The lowest BCUT2D eigenvalue weighted by Gasteiger charge is -2.25. The molecule has 1 amide bonds. The molecule has 1 fully saturated rings. The number of amides is 1. The number of carbonyl (C=O) groups excluding carboxylic acids is 2. The first-order chi connectivity index (χ1) is 17.3. The molecule has 1 unspecified atom stereocenters. The average molecular weight is 487 g/mol. The number of carbonyl (C=O) groups is 2. The Kier molecular flexibility index (Phi) is 7.10. The molecule has 1 aliphatic rings. The highest BCUT2D eigenvalue weighted by Gasteiger charge is 2.47. The smallest absolute Gasteiger partial charge is 0.296 e. The molecule has 1 aliphatic heterocycles. The van der Waals surface area contributed by atoms with Crippen molar-refractivity contribution in [3.63, 3.8) is 0 Å². The SMILES string of the molecule is COc1cccc(CN2C(=O)C(=O)/C(=C(/O)c3cc(C(C)C)c(OC)cc3C)C2c2ccccn2)c1. The van der Waals surface area contributed by atoms with Crippen LogP contribution in [0, 0.1) is 6.92 Å². The van der Waals surface area contributed by atoms with E-state index >= 15 is 0 Å². The molecule has 1 aromatic heterocycles. The second-order valence-electron chi connectivity index (χ2n) is 9.10. The number of hydrogen-bond donors (Lipinski definition) is 1. The molecule has 1 N–H and O–H groups in total. The van der Waals surface area contributed by atoms with Crippen LogP contribution in [0.25, 0.3) is 5.76 Å². The Hall–Kier alpha value is -4.13. The van der Waals surface area contributed by atoms with Crippen molar-refractivity contribution in [3.05, 3.63) is 94.3 Å². The first-order valence-electron chi connectivity index (χ1n) is 11.8. The Balaban J connectivity index is 1.89. The minimum atomic E-state index is -0.846. The van der Waals surface area contributed by atoms with Crippen LogP contribution >= 0.6 is 0 Å². The van der Waals surface area contributed by atoms with Crippen molar-refractivity contribution in [2.75, 3.05) is 14.2 Å². The second-order valence-corrected chi connectivity index (χ2v) is 9.10. The first-order valence-corrected chi connectivity index (χ1v) is 11.8. The molecule has 1 saturated heterocycles. The number of aliphatic hydroxyl groups excluding tert-OH is 1. The number of ether oxygens (including phenoxy) is 2. The van der Waals surface area contributed by atoms with Crippen molar-refractivity contribution < 1.29 is 24.2 Å². The van der Waals surface area contributed by atoms with E-state index in [4.69, 9.17) is 9.47 Å². The van der Waals surface area contributed by atoms with Gasteiger partial charge in [0.2, 0.25) is 0 Å². The van der Waals surface area contributed by atoms with Gasteiger partial charge in [-0.05, 0) is 65.9 Å². The van der Waals surface area contributed by atoms with Gasteiger partial charge in [-0.3, -0.25) is 14.6 Å². The maximum Gasteiger partial charge on any atom is 0.296 e. The van der Waals surface area contributed by atoms with Gasteiger partial charge < -0.3 is 19.5 Å². The quantitative estimate of drug-likeness (QED) is 0.282.